The molecular formula is C27H51NO4S. The monoisotopic (exact) mass is 485 g/mol. The molecule has 0 aromatic heterocycles. The molecule has 0 heterocycles. The van der Waals surface area contributed by atoms with Crippen molar-refractivity contribution in [3.05, 3.63) is 24.3 Å². The number of nitrogens with two attached hydrogens (primary N) is 1. The molecule has 0 spiro atoms. The van der Waals surface area contributed by atoms with Crippen molar-refractivity contribution < 1.29 is 19.1 Å². The molecule has 2 N–H and O–H groups in total. The van der Waals surface area contributed by atoms with E-state index in [1.54, 1.807) is 6.92 Å². The van der Waals surface area contributed by atoms with Gasteiger partial charge in [0.1, 0.15) is 13.2 Å². The van der Waals surface area contributed by atoms with Crippen molar-refractivity contribution in [1.82, 2.24) is 0 Å². The van der Waals surface area contributed by atoms with Gasteiger partial charge >= 0.3 is 11.9 Å². The second-order valence-electron chi connectivity index (χ2n) is 8.34. The van der Waals surface area contributed by atoms with Crippen molar-refractivity contribution in [3.8, 4) is 0 Å². The summed E-state index contributed by atoms with van der Waals surface area (Å²) >= 11 is 3.87. The van der Waals surface area contributed by atoms with Crippen LogP contribution in [0.4, 0.5) is 0 Å². The molecule has 0 unspecified atom stereocenters. The summed E-state index contributed by atoms with van der Waals surface area (Å²) < 4.78 is 9.42. The maximum absolute atomic E-state index is 10.8. The van der Waals surface area contributed by atoms with E-state index in [-0.39, 0.29) is 25.6 Å². The second kappa shape index (κ2) is 28.8. The number of carbonyl (C=O) groups is 2. The molecule has 0 bridgehead atoms. The zero-order chi connectivity index (χ0) is 25.0. The summed E-state index contributed by atoms with van der Waals surface area (Å²) in [6, 6.07) is 0. The van der Waals surface area contributed by atoms with E-state index in [0.29, 0.717) is 11.3 Å². The Kier molecular flexibility index (Phi) is 29.5. The number of allylic oxidation sites excluding steroid dienone is 2. The highest BCUT2D eigenvalue weighted by Gasteiger charge is 2.04. The fourth-order valence-corrected chi connectivity index (χ4v) is 3.15. The molecule has 0 aliphatic heterocycles. The van der Waals surface area contributed by atoms with E-state index in [2.05, 4.69) is 38.3 Å². The second-order valence-corrected chi connectivity index (χ2v) is 8.78. The molecule has 6 heteroatoms. The summed E-state index contributed by atoms with van der Waals surface area (Å²) in [4.78, 5) is 21.6. The van der Waals surface area contributed by atoms with E-state index in [4.69, 9.17) is 15.2 Å². The van der Waals surface area contributed by atoms with Gasteiger partial charge in [-0.25, -0.2) is 4.79 Å². The molecule has 33 heavy (non-hydrogen) atoms. The Morgan fingerprint density at radius 1 is 0.818 bits per heavy atom. The third kappa shape index (κ3) is 30.7. The first-order valence-electron chi connectivity index (χ1n) is 12.9. The van der Waals surface area contributed by atoms with Crippen LogP contribution < -0.4 is 5.73 Å². The Labute approximate surface area is 209 Å². The molecule has 0 saturated carbocycles. The summed E-state index contributed by atoms with van der Waals surface area (Å²) in [7, 11) is 0. The molecule has 0 radical (unpaired) electrons. The number of hydrogen-bond acceptors (Lipinski definition) is 6. The van der Waals surface area contributed by atoms with Crippen LogP contribution >= 0.6 is 12.6 Å². The van der Waals surface area contributed by atoms with Crippen LogP contribution in [0.1, 0.15) is 110 Å². The third-order valence-corrected chi connectivity index (χ3v) is 5.18. The van der Waals surface area contributed by atoms with Crippen LogP contribution in [0.3, 0.4) is 0 Å². The predicted molar refractivity (Wildman–Crippen MR) is 144 cm³/mol. The van der Waals surface area contributed by atoms with Crippen LogP contribution in [-0.2, 0) is 19.1 Å². The van der Waals surface area contributed by atoms with Gasteiger partial charge in [-0.3, -0.25) is 4.79 Å². The number of carbonyl (C=O) groups excluding carboxylic acids is 2. The van der Waals surface area contributed by atoms with E-state index in [1.165, 1.54) is 89.9 Å². The minimum absolute atomic E-state index is 0.0595. The van der Waals surface area contributed by atoms with Gasteiger partial charge in [-0.1, -0.05) is 83.4 Å². The average Bonchev–Trinajstić information content (AvgIpc) is 2.79. The molecule has 0 atom stereocenters. The predicted octanol–water partition coefficient (Wildman–Crippen LogP) is 6.95. The van der Waals surface area contributed by atoms with E-state index >= 15 is 0 Å². The van der Waals surface area contributed by atoms with Gasteiger partial charge in [0.05, 0.1) is 6.42 Å². The summed E-state index contributed by atoms with van der Waals surface area (Å²) in [5, 5.41) is 0. The van der Waals surface area contributed by atoms with Crippen LogP contribution in [-0.4, -0.2) is 37.4 Å². The number of thiol groups is 1. The van der Waals surface area contributed by atoms with E-state index in [1.807, 2.05) is 0 Å². The molecule has 0 aromatic carbocycles. The van der Waals surface area contributed by atoms with Crippen molar-refractivity contribution in [1.29, 1.82) is 0 Å². The normalized spacial score (nSPS) is 10.5. The van der Waals surface area contributed by atoms with E-state index < -0.39 is 5.97 Å². The molecule has 0 aromatic rings. The molecule has 0 fully saturated rings. The molecule has 194 valence electrons. The molecule has 5 nitrogen and oxygen atoms in total. The first-order valence-corrected chi connectivity index (χ1v) is 13.6. The van der Waals surface area contributed by atoms with Crippen LogP contribution in [0.5, 0.6) is 0 Å². The first-order chi connectivity index (χ1) is 16.0. The molecule has 0 amide bonds. The summed E-state index contributed by atoms with van der Waals surface area (Å²) in [6.45, 7) is 8.23. The van der Waals surface area contributed by atoms with Crippen molar-refractivity contribution in [2.45, 2.75) is 110 Å². The average molecular weight is 486 g/mol. The zero-order valence-corrected chi connectivity index (χ0v) is 22.3. The smallest absolute Gasteiger partial charge is 0.333 e. The zero-order valence-electron chi connectivity index (χ0n) is 21.5. The Hall–Kier alpha value is -1.27. The highest BCUT2D eigenvalue weighted by Crippen LogP contribution is 2.09. The van der Waals surface area contributed by atoms with Crippen LogP contribution in [0.2, 0.25) is 0 Å². The van der Waals surface area contributed by atoms with Crippen molar-refractivity contribution in [2.75, 3.05) is 25.5 Å². The van der Waals surface area contributed by atoms with Crippen molar-refractivity contribution in [2.24, 2.45) is 5.73 Å². The molecule has 0 aliphatic carbocycles. The van der Waals surface area contributed by atoms with E-state index in [0.717, 1.165) is 6.54 Å². The topological polar surface area (TPSA) is 78.6 Å². The molecular weight excluding hydrogens is 434 g/mol. The lowest BCUT2D eigenvalue weighted by atomic mass is 10.1. The Morgan fingerprint density at radius 2 is 1.30 bits per heavy atom. The van der Waals surface area contributed by atoms with Gasteiger partial charge < -0.3 is 15.2 Å². The van der Waals surface area contributed by atoms with Crippen molar-refractivity contribution >= 4 is 24.6 Å². The Bertz CT molecular complexity index is 495. The van der Waals surface area contributed by atoms with Gasteiger partial charge in [-0.15, -0.1) is 0 Å². The summed E-state index contributed by atoms with van der Waals surface area (Å²) in [6.07, 6.45) is 24.1. The minimum Gasteiger partial charge on any atom is -0.462 e. The van der Waals surface area contributed by atoms with Gasteiger partial charge in [-0.2, -0.15) is 12.6 Å². The minimum atomic E-state index is -0.477. The summed E-state index contributed by atoms with van der Waals surface area (Å²) in [5.74, 6) is -0.369. The quantitative estimate of drug-likeness (QED) is 0.0604. The fourth-order valence-electron chi connectivity index (χ4n) is 2.97. The number of rotatable bonds is 21. The molecule has 0 aliphatic rings. The SMILES string of the molecule is C=C(C)C(=O)OCCOC(=O)CCS.CCCCCCCC/C=C\CCCCCCCCN. The maximum atomic E-state index is 10.8. The van der Waals surface area contributed by atoms with Crippen LogP contribution in [0, 0.1) is 0 Å². The maximum Gasteiger partial charge on any atom is 0.333 e. The first kappa shape index (κ1) is 33.9. The van der Waals surface area contributed by atoms with Gasteiger partial charge in [-0.05, 0) is 45.6 Å². The Morgan fingerprint density at radius 3 is 1.79 bits per heavy atom. The number of hydrogen-bond donors (Lipinski definition) is 2. The lowest BCUT2D eigenvalue weighted by molar-refractivity contribution is -0.149. The van der Waals surface area contributed by atoms with Gasteiger partial charge in [0.2, 0.25) is 0 Å². The van der Waals surface area contributed by atoms with Gasteiger partial charge in [0.15, 0.2) is 0 Å². The summed E-state index contributed by atoms with van der Waals surface area (Å²) in [5.41, 5.74) is 5.80. The van der Waals surface area contributed by atoms with Crippen molar-refractivity contribution in [3.63, 3.8) is 0 Å². The highest BCUT2D eigenvalue weighted by molar-refractivity contribution is 7.80. The molecule has 0 rings (SSSR count). The third-order valence-electron chi connectivity index (χ3n) is 4.96. The largest absolute Gasteiger partial charge is 0.462 e. The fraction of sp³-hybridized carbons (Fsp3) is 0.778. The lowest BCUT2D eigenvalue weighted by Gasteiger charge is -2.05. The van der Waals surface area contributed by atoms with Crippen LogP contribution in [0.25, 0.3) is 0 Å². The standard InChI is InChI=1S/C18H37N.C9H14O4S/c1-2-3-4-5-6-7-8-9-10-11-12-13-14-15-16-17-18-19;1-7(2)9(11)13-5-4-12-8(10)3-6-14/h9-10H,2-8,11-19H2,1H3;14H,1,3-6H2,2H3/b10-9-;. The van der Waals surface area contributed by atoms with E-state index in [9.17, 15) is 9.59 Å². The number of ether oxygens (including phenoxy) is 2. The highest BCUT2D eigenvalue weighted by atomic mass is 32.1. The Balaban J connectivity index is 0. The molecule has 0 saturated heterocycles. The van der Waals surface area contributed by atoms with Gasteiger partial charge in [0.25, 0.3) is 0 Å². The van der Waals surface area contributed by atoms with Crippen LogP contribution in [0.15, 0.2) is 24.3 Å². The number of esters is 2. The van der Waals surface area contributed by atoms with Gasteiger partial charge in [0, 0.05) is 11.3 Å². The lowest BCUT2D eigenvalue weighted by Crippen LogP contribution is -2.14. The number of unbranched alkanes of at least 4 members (excludes halogenated alkanes) is 12.